The first-order valence-corrected chi connectivity index (χ1v) is 7.19. The van der Waals surface area contributed by atoms with Gasteiger partial charge in [-0.05, 0) is 19.8 Å². The molecule has 0 aliphatic rings. The summed E-state index contributed by atoms with van der Waals surface area (Å²) in [7, 11) is 0. The second-order valence-electron chi connectivity index (χ2n) is 4.60. The van der Waals surface area contributed by atoms with Crippen LogP contribution in [0.3, 0.4) is 0 Å². The molecule has 0 unspecified atom stereocenters. The smallest absolute Gasteiger partial charge is 0.137 e. The van der Waals surface area contributed by atoms with Gasteiger partial charge in [0.25, 0.3) is 0 Å². The SMILES string of the molecule is CCCc1nc(Cl)c(C)c(NCCCn2ccnn2)n1. The zero-order valence-electron chi connectivity index (χ0n) is 11.8. The van der Waals surface area contributed by atoms with Crippen LogP contribution in [-0.4, -0.2) is 31.5 Å². The van der Waals surface area contributed by atoms with Gasteiger partial charge in [-0.1, -0.05) is 23.7 Å². The molecule has 0 aromatic carbocycles. The Morgan fingerprint density at radius 1 is 1.35 bits per heavy atom. The maximum atomic E-state index is 6.14. The Hall–Kier alpha value is -1.69. The molecule has 6 nitrogen and oxygen atoms in total. The van der Waals surface area contributed by atoms with Crippen molar-refractivity contribution in [2.75, 3.05) is 11.9 Å². The fourth-order valence-electron chi connectivity index (χ4n) is 1.84. The highest BCUT2D eigenvalue weighted by Crippen LogP contribution is 2.20. The summed E-state index contributed by atoms with van der Waals surface area (Å²) in [5.74, 6) is 1.62. The number of halogens is 1. The Morgan fingerprint density at radius 3 is 2.90 bits per heavy atom. The molecule has 2 rings (SSSR count). The molecule has 0 radical (unpaired) electrons. The van der Waals surface area contributed by atoms with Crippen molar-refractivity contribution in [2.24, 2.45) is 0 Å². The third kappa shape index (κ3) is 3.90. The van der Waals surface area contributed by atoms with Crippen LogP contribution in [0.4, 0.5) is 5.82 Å². The number of rotatable bonds is 7. The highest BCUT2D eigenvalue weighted by Gasteiger charge is 2.08. The van der Waals surface area contributed by atoms with Gasteiger partial charge in [-0.2, -0.15) is 0 Å². The van der Waals surface area contributed by atoms with E-state index >= 15 is 0 Å². The van der Waals surface area contributed by atoms with Crippen LogP contribution in [0.5, 0.6) is 0 Å². The topological polar surface area (TPSA) is 68.5 Å². The van der Waals surface area contributed by atoms with Crippen molar-refractivity contribution in [1.82, 2.24) is 25.0 Å². The van der Waals surface area contributed by atoms with Gasteiger partial charge in [-0.3, -0.25) is 4.68 Å². The molecule has 0 atom stereocenters. The minimum absolute atomic E-state index is 0.530. The number of nitrogens with one attached hydrogen (secondary N) is 1. The molecule has 2 aromatic rings. The normalized spacial score (nSPS) is 10.8. The van der Waals surface area contributed by atoms with Gasteiger partial charge < -0.3 is 5.32 Å². The second kappa shape index (κ2) is 7.19. The van der Waals surface area contributed by atoms with Crippen molar-refractivity contribution in [3.05, 3.63) is 28.9 Å². The first-order valence-electron chi connectivity index (χ1n) is 6.81. The van der Waals surface area contributed by atoms with Crippen LogP contribution in [0.2, 0.25) is 5.15 Å². The van der Waals surface area contributed by atoms with E-state index in [-0.39, 0.29) is 0 Å². The predicted octanol–water partition coefficient (Wildman–Crippen LogP) is 2.48. The van der Waals surface area contributed by atoms with Gasteiger partial charge in [-0.25, -0.2) is 9.97 Å². The number of aryl methyl sites for hydroxylation is 2. The van der Waals surface area contributed by atoms with E-state index in [0.29, 0.717) is 5.15 Å². The molecule has 2 aromatic heterocycles. The van der Waals surface area contributed by atoms with Gasteiger partial charge in [0.15, 0.2) is 0 Å². The van der Waals surface area contributed by atoms with Gasteiger partial charge in [-0.15, -0.1) is 5.10 Å². The van der Waals surface area contributed by atoms with Gasteiger partial charge in [0.2, 0.25) is 0 Å². The van der Waals surface area contributed by atoms with Gasteiger partial charge >= 0.3 is 0 Å². The Kier molecular flexibility index (Phi) is 5.29. The zero-order chi connectivity index (χ0) is 14.4. The van der Waals surface area contributed by atoms with Gasteiger partial charge in [0.1, 0.15) is 16.8 Å². The minimum Gasteiger partial charge on any atom is -0.370 e. The average Bonchev–Trinajstić information content (AvgIpc) is 2.93. The van der Waals surface area contributed by atoms with E-state index in [2.05, 4.69) is 32.5 Å². The van der Waals surface area contributed by atoms with Crippen LogP contribution >= 0.6 is 11.6 Å². The summed E-state index contributed by atoms with van der Waals surface area (Å²) in [6.45, 7) is 5.66. The molecular weight excluding hydrogens is 276 g/mol. The number of hydrogen-bond acceptors (Lipinski definition) is 5. The molecule has 0 amide bonds. The molecule has 0 bridgehead atoms. The lowest BCUT2D eigenvalue weighted by atomic mass is 10.3. The van der Waals surface area contributed by atoms with E-state index in [9.17, 15) is 0 Å². The summed E-state index contributed by atoms with van der Waals surface area (Å²) in [6.07, 6.45) is 6.32. The van der Waals surface area contributed by atoms with E-state index in [1.165, 1.54) is 0 Å². The highest BCUT2D eigenvalue weighted by molar-refractivity contribution is 6.30. The van der Waals surface area contributed by atoms with E-state index in [1.807, 2.05) is 17.8 Å². The number of aromatic nitrogens is 5. The summed E-state index contributed by atoms with van der Waals surface area (Å²) >= 11 is 6.14. The molecule has 2 heterocycles. The molecule has 1 N–H and O–H groups in total. The first-order chi connectivity index (χ1) is 9.70. The standard InChI is InChI=1S/C13H19ClN6/c1-3-5-11-17-12(14)10(2)13(18-11)15-6-4-8-20-9-7-16-19-20/h7,9H,3-6,8H2,1-2H3,(H,15,17,18). The third-order valence-electron chi connectivity index (χ3n) is 2.93. The molecule has 0 spiro atoms. The molecule has 20 heavy (non-hydrogen) atoms. The van der Waals surface area contributed by atoms with Crippen molar-refractivity contribution < 1.29 is 0 Å². The highest BCUT2D eigenvalue weighted by atomic mass is 35.5. The van der Waals surface area contributed by atoms with Crippen molar-refractivity contribution >= 4 is 17.4 Å². The lowest BCUT2D eigenvalue weighted by Crippen LogP contribution is -2.11. The average molecular weight is 295 g/mol. The number of nitrogens with zero attached hydrogens (tertiary/aromatic N) is 5. The Bertz CT molecular complexity index is 540. The zero-order valence-corrected chi connectivity index (χ0v) is 12.6. The molecule has 0 fully saturated rings. The van der Waals surface area contributed by atoms with E-state index in [0.717, 1.165) is 49.6 Å². The van der Waals surface area contributed by atoms with Gasteiger partial charge in [0, 0.05) is 31.3 Å². The molecule has 0 aliphatic carbocycles. The van der Waals surface area contributed by atoms with Crippen molar-refractivity contribution in [1.29, 1.82) is 0 Å². The predicted molar refractivity (Wildman–Crippen MR) is 78.9 cm³/mol. The van der Waals surface area contributed by atoms with Crippen LogP contribution in [0.25, 0.3) is 0 Å². The molecular formula is C13H19ClN6. The van der Waals surface area contributed by atoms with Crippen molar-refractivity contribution in [3.63, 3.8) is 0 Å². The summed E-state index contributed by atoms with van der Waals surface area (Å²) < 4.78 is 1.81. The second-order valence-corrected chi connectivity index (χ2v) is 4.96. The molecule has 0 saturated heterocycles. The minimum atomic E-state index is 0.530. The maximum absolute atomic E-state index is 6.14. The molecule has 0 saturated carbocycles. The van der Waals surface area contributed by atoms with Crippen molar-refractivity contribution in [3.8, 4) is 0 Å². The molecule has 7 heteroatoms. The van der Waals surface area contributed by atoms with E-state index < -0.39 is 0 Å². The summed E-state index contributed by atoms with van der Waals surface area (Å²) in [5.41, 5.74) is 0.896. The number of anilines is 1. The third-order valence-corrected chi connectivity index (χ3v) is 3.30. The van der Waals surface area contributed by atoms with E-state index in [1.54, 1.807) is 6.20 Å². The molecule has 108 valence electrons. The van der Waals surface area contributed by atoms with E-state index in [4.69, 9.17) is 11.6 Å². The first kappa shape index (κ1) is 14.7. The Labute approximate surface area is 123 Å². The quantitative estimate of drug-likeness (QED) is 0.627. The summed E-state index contributed by atoms with van der Waals surface area (Å²) in [4.78, 5) is 8.80. The van der Waals surface area contributed by atoms with Crippen LogP contribution in [0.15, 0.2) is 12.4 Å². The fraction of sp³-hybridized carbons (Fsp3) is 0.538. The number of hydrogen-bond donors (Lipinski definition) is 1. The van der Waals surface area contributed by atoms with Gasteiger partial charge in [0.05, 0.1) is 6.20 Å². The Balaban J connectivity index is 1.91. The van der Waals surface area contributed by atoms with Crippen LogP contribution in [-0.2, 0) is 13.0 Å². The lowest BCUT2D eigenvalue weighted by Gasteiger charge is -2.11. The largest absolute Gasteiger partial charge is 0.370 e. The lowest BCUT2D eigenvalue weighted by molar-refractivity contribution is 0.569. The summed E-state index contributed by atoms with van der Waals surface area (Å²) in [5, 5.41) is 11.5. The summed E-state index contributed by atoms with van der Waals surface area (Å²) in [6, 6.07) is 0. The van der Waals surface area contributed by atoms with Crippen LogP contribution < -0.4 is 5.32 Å². The fourth-order valence-corrected chi connectivity index (χ4v) is 2.03. The maximum Gasteiger partial charge on any atom is 0.137 e. The van der Waals surface area contributed by atoms with Crippen LogP contribution in [0, 0.1) is 6.92 Å². The van der Waals surface area contributed by atoms with Crippen LogP contribution in [0.1, 0.15) is 31.2 Å². The monoisotopic (exact) mass is 294 g/mol. The molecule has 0 aliphatic heterocycles. The Morgan fingerprint density at radius 2 is 2.20 bits per heavy atom. The van der Waals surface area contributed by atoms with Crippen molar-refractivity contribution in [2.45, 2.75) is 39.7 Å².